The molecule has 15 heavy (non-hydrogen) atoms. The molecule has 0 spiro atoms. The number of methoxy groups -OCH3 is 1. The molecular formula is C12H18O3. The van der Waals surface area contributed by atoms with Gasteiger partial charge in [0.2, 0.25) is 0 Å². The number of aliphatic hydroxyl groups is 1. The summed E-state index contributed by atoms with van der Waals surface area (Å²) >= 11 is 0. The lowest BCUT2D eigenvalue weighted by molar-refractivity contribution is -0.0236. The molecule has 0 aromatic heterocycles. The summed E-state index contributed by atoms with van der Waals surface area (Å²) in [5, 5.41) is 10.0. The highest BCUT2D eigenvalue weighted by Crippen LogP contribution is 2.27. The van der Waals surface area contributed by atoms with Gasteiger partial charge < -0.3 is 14.6 Å². The summed E-state index contributed by atoms with van der Waals surface area (Å²) < 4.78 is 10.5. The van der Waals surface area contributed by atoms with Gasteiger partial charge in [-0.25, -0.2) is 0 Å². The second-order valence-electron chi connectivity index (χ2n) is 3.35. The minimum Gasteiger partial charge on any atom is -0.496 e. The van der Waals surface area contributed by atoms with Crippen molar-refractivity contribution in [3.05, 3.63) is 29.8 Å². The van der Waals surface area contributed by atoms with Crippen molar-refractivity contribution in [1.82, 2.24) is 0 Å². The van der Waals surface area contributed by atoms with Gasteiger partial charge in [-0.3, -0.25) is 0 Å². The molecule has 0 aliphatic heterocycles. The van der Waals surface area contributed by atoms with Crippen molar-refractivity contribution >= 4 is 0 Å². The van der Waals surface area contributed by atoms with Crippen molar-refractivity contribution in [3.63, 3.8) is 0 Å². The van der Waals surface area contributed by atoms with Crippen LogP contribution in [-0.2, 0) is 4.74 Å². The molecule has 0 aliphatic rings. The van der Waals surface area contributed by atoms with Crippen LogP contribution in [0.5, 0.6) is 5.75 Å². The van der Waals surface area contributed by atoms with Crippen molar-refractivity contribution in [2.45, 2.75) is 26.1 Å². The minimum absolute atomic E-state index is 0.230. The van der Waals surface area contributed by atoms with Crippen molar-refractivity contribution in [1.29, 1.82) is 0 Å². The summed E-state index contributed by atoms with van der Waals surface area (Å²) in [5.41, 5.74) is 0.765. The number of benzene rings is 1. The number of aliphatic hydroxyl groups excluding tert-OH is 1. The van der Waals surface area contributed by atoms with Gasteiger partial charge in [-0.1, -0.05) is 18.2 Å². The number of hydrogen-bond acceptors (Lipinski definition) is 3. The Morgan fingerprint density at radius 3 is 2.60 bits per heavy atom. The van der Waals surface area contributed by atoms with E-state index in [1.165, 1.54) is 0 Å². The van der Waals surface area contributed by atoms with Crippen LogP contribution < -0.4 is 4.74 Å². The minimum atomic E-state index is -0.652. The summed E-state index contributed by atoms with van der Waals surface area (Å²) in [4.78, 5) is 0. The Kier molecular flexibility index (Phi) is 4.59. The Balaban J connectivity index is 2.84. The topological polar surface area (TPSA) is 38.7 Å². The van der Waals surface area contributed by atoms with Crippen molar-refractivity contribution in [3.8, 4) is 5.75 Å². The summed E-state index contributed by atoms with van der Waals surface area (Å²) in [7, 11) is 1.59. The number of para-hydroxylation sites is 1. The van der Waals surface area contributed by atoms with Gasteiger partial charge in [0.15, 0.2) is 0 Å². The highest BCUT2D eigenvalue weighted by atomic mass is 16.5. The predicted octanol–water partition coefficient (Wildman–Crippen LogP) is 2.15. The second kappa shape index (κ2) is 5.73. The average Bonchev–Trinajstić information content (AvgIpc) is 2.28. The standard InChI is InChI=1S/C12H18O3/c1-4-15-9(2)12(13)10-7-5-6-8-11(10)14-3/h5-9,12-13H,4H2,1-3H3. The third kappa shape index (κ3) is 2.94. The van der Waals surface area contributed by atoms with E-state index in [1.807, 2.05) is 38.1 Å². The van der Waals surface area contributed by atoms with Crippen LogP contribution in [0.1, 0.15) is 25.5 Å². The zero-order chi connectivity index (χ0) is 11.3. The van der Waals surface area contributed by atoms with E-state index in [1.54, 1.807) is 7.11 Å². The molecular weight excluding hydrogens is 192 g/mol. The molecule has 1 aromatic rings. The molecule has 84 valence electrons. The Morgan fingerprint density at radius 2 is 2.00 bits per heavy atom. The fraction of sp³-hybridized carbons (Fsp3) is 0.500. The molecule has 1 N–H and O–H groups in total. The van der Waals surface area contributed by atoms with Crippen LogP contribution in [0.4, 0.5) is 0 Å². The monoisotopic (exact) mass is 210 g/mol. The SMILES string of the molecule is CCOC(C)C(O)c1ccccc1OC. The van der Waals surface area contributed by atoms with E-state index in [0.717, 1.165) is 5.56 Å². The molecule has 3 nitrogen and oxygen atoms in total. The maximum absolute atomic E-state index is 10.0. The predicted molar refractivity (Wildman–Crippen MR) is 59.0 cm³/mol. The first-order valence-corrected chi connectivity index (χ1v) is 5.13. The first-order chi connectivity index (χ1) is 7.20. The van der Waals surface area contributed by atoms with Crippen LogP contribution in [0.25, 0.3) is 0 Å². The molecule has 0 saturated carbocycles. The fourth-order valence-corrected chi connectivity index (χ4v) is 1.52. The Morgan fingerprint density at radius 1 is 1.33 bits per heavy atom. The van der Waals surface area contributed by atoms with Gasteiger partial charge in [0.1, 0.15) is 11.9 Å². The van der Waals surface area contributed by atoms with E-state index in [2.05, 4.69) is 0 Å². The number of ether oxygens (including phenoxy) is 2. The molecule has 0 aliphatic carbocycles. The van der Waals surface area contributed by atoms with Crippen molar-refractivity contribution in [2.75, 3.05) is 13.7 Å². The highest BCUT2D eigenvalue weighted by molar-refractivity contribution is 5.35. The van der Waals surface area contributed by atoms with Crippen LogP contribution in [0, 0.1) is 0 Å². The summed E-state index contributed by atoms with van der Waals surface area (Å²) in [6.45, 7) is 4.35. The molecule has 1 rings (SSSR count). The molecule has 0 amide bonds. The first-order valence-electron chi connectivity index (χ1n) is 5.13. The fourth-order valence-electron chi connectivity index (χ4n) is 1.52. The van der Waals surface area contributed by atoms with Gasteiger partial charge in [0.05, 0.1) is 13.2 Å². The van der Waals surface area contributed by atoms with Gasteiger partial charge in [-0.2, -0.15) is 0 Å². The maximum atomic E-state index is 10.0. The smallest absolute Gasteiger partial charge is 0.124 e. The molecule has 2 unspecified atom stereocenters. The lowest BCUT2D eigenvalue weighted by atomic mass is 10.0. The lowest BCUT2D eigenvalue weighted by Crippen LogP contribution is -2.19. The quantitative estimate of drug-likeness (QED) is 0.809. The van der Waals surface area contributed by atoms with Crippen LogP contribution in [0.3, 0.4) is 0 Å². The Bertz CT molecular complexity index is 299. The molecule has 1 aromatic carbocycles. The molecule has 2 atom stereocenters. The maximum Gasteiger partial charge on any atom is 0.124 e. The number of rotatable bonds is 5. The second-order valence-corrected chi connectivity index (χ2v) is 3.35. The van der Waals surface area contributed by atoms with Gasteiger partial charge in [-0.05, 0) is 19.9 Å². The van der Waals surface area contributed by atoms with E-state index >= 15 is 0 Å². The normalized spacial score (nSPS) is 14.7. The van der Waals surface area contributed by atoms with Gasteiger partial charge in [0, 0.05) is 12.2 Å². The lowest BCUT2D eigenvalue weighted by Gasteiger charge is -2.20. The van der Waals surface area contributed by atoms with Crippen LogP contribution in [0.15, 0.2) is 24.3 Å². The molecule has 3 heteroatoms. The van der Waals surface area contributed by atoms with Gasteiger partial charge in [-0.15, -0.1) is 0 Å². The van der Waals surface area contributed by atoms with Gasteiger partial charge in [0.25, 0.3) is 0 Å². The van der Waals surface area contributed by atoms with Gasteiger partial charge >= 0.3 is 0 Å². The molecule has 0 heterocycles. The zero-order valence-corrected chi connectivity index (χ0v) is 9.43. The van der Waals surface area contributed by atoms with Crippen molar-refractivity contribution in [2.24, 2.45) is 0 Å². The highest BCUT2D eigenvalue weighted by Gasteiger charge is 2.19. The van der Waals surface area contributed by atoms with E-state index in [0.29, 0.717) is 12.4 Å². The summed E-state index contributed by atoms with van der Waals surface area (Å²) in [6.07, 6.45) is -0.882. The molecule has 0 bridgehead atoms. The third-order valence-corrected chi connectivity index (χ3v) is 2.33. The Hall–Kier alpha value is -1.06. The summed E-state index contributed by atoms with van der Waals surface area (Å²) in [6, 6.07) is 7.43. The molecule has 0 saturated heterocycles. The zero-order valence-electron chi connectivity index (χ0n) is 9.43. The van der Waals surface area contributed by atoms with Crippen LogP contribution in [0.2, 0.25) is 0 Å². The van der Waals surface area contributed by atoms with Crippen LogP contribution >= 0.6 is 0 Å². The van der Waals surface area contributed by atoms with E-state index in [-0.39, 0.29) is 6.10 Å². The van der Waals surface area contributed by atoms with E-state index in [9.17, 15) is 5.11 Å². The average molecular weight is 210 g/mol. The first kappa shape index (κ1) is 12.0. The Labute approximate surface area is 90.6 Å². The van der Waals surface area contributed by atoms with Crippen LogP contribution in [-0.4, -0.2) is 24.9 Å². The van der Waals surface area contributed by atoms with Crippen molar-refractivity contribution < 1.29 is 14.6 Å². The van der Waals surface area contributed by atoms with E-state index < -0.39 is 6.10 Å². The molecule has 0 fully saturated rings. The third-order valence-electron chi connectivity index (χ3n) is 2.33. The molecule has 0 radical (unpaired) electrons. The summed E-state index contributed by atoms with van der Waals surface area (Å²) in [5.74, 6) is 0.691. The number of hydrogen-bond donors (Lipinski definition) is 1. The largest absolute Gasteiger partial charge is 0.496 e. The van der Waals surface area contributed by atoms with E-state index in [4.69, 9.17) is 9.47 Å².